The molecule has 3 aromatic rings. The lowest BCUT2D eigenvalue weighted by Crippen LogP contribution is -2.45. The lowest BCUT2D eigenvalue weighted by Gasteiger charge is -2.38. The summed E-state index contributed by atoms with van der Waals surface area (Å²) in [7, 11) is 0. The Balaban J connectivity index is 1.92. The first-order chi connectivity index (χ1) is 10.3. The van der Waals surface area contributed by atoms with Gasteiger partial charge in [0, 0.05) is 29.0 Å². The quantitative estimate of drug-likeness (QED) is 0.685. The molecule has 2 aromatic heterocycles. The fraction of sp³-hybridized carbons (Fsp3) is 0.375. The van der Waals surface area contributed by atoms with Crippen LogP contribution in [0.3, 0.4) is 0 Å². The SMILES string of the molecule is CC1SCCN(c2ncnc3c2oc2ccccc23)C1C. The molecule has 0 bridgehead atoms. The zero-order chi connectivity index (χ0) is 14.4. The van der Waals surface area contributed by atoms with Crippen LogP contribution >= 0.6 is 11.8 Å². The van der Waals surface area contributed by atoms with Crippen LogP contribution in [0.25, 0.3) is 22.1 Å². The molecule has 1 aromatic carbocycles. The third-order valence-corrected chi connectivity index (χ3v) is 5.63. The van der Waals surface area contributed by atoms with E-state index in [1.807, 2.05) is 30.0 Å². The van der Waals surface area contributed by atoms with Crippen LogP contribution in [0.5, 0.6) is 0 Å². The van der Waals surface area contributed by atoms with E-state index < -0.39 is 0 Å². The van der Waals surface area contributed by atoms with E-state index in [1.54, 1.807) is 6.33 Å². The average Bonchev–Trinajstić information content (AvgIpc) is 2.89. The predicted octanol–water partition coefficient (Wildman–Crippen LogP) is 3.71. The Morgan fingerprint density at radius 1 is 1.24 bits per heavy atom. The number of anilines is 1. The minimum absolute atomic E-state index is 0.440. The molecule has 2 atom stereocenters. The number of nitrogens with zero attached hydrogens (tertiary/aromatic N) is 3. The van der Waals surface area contributed by atoms with Crippen LogP contribution in [0.2, 0.25) is 0 Å². The second-order valence-electron chi connectivity index (χ2n) is 5.48. The predicted molar refractivity (Wildman–Crippen MR) is 88.0 cm³/mol. The van der Waals surface area contributed by atoms with Crippen molar-refractivity contribution in [3.8, 4) is 0 Å². The van der Waals surface area contributed by atoms with Gasteiger partial charge in [-0.1, -0.05) is 19.1 Å². The number of hydrogen-bond donors (Lipinski definition) is 0. The van der Waals surface area contributed by atoms with Crippen LogP contribution in [0, 0.1) is 0 Å². The van der Waals surface area contributed by atoms with Crippen LogP contribution < -0.4 is 4.90 Å². The lowest BCUT2D eigenvalue weighted by molar-refractivity contribution is 0.607. The molecule has 0 radical (unpaired) electrons. The first-order valence-corrected chi connectivity index (χ1v) is 8.31. The van der Waals surface area contributed by atoms with Crippen molar-refractivity contribution in [2.24, 2.45) is 0 Å². The molecule has 4 nitrogen and oxygen atoms in total. The van der Waals surface area contributed by atoms with Gasteiger partial charge in [-0.25, -0.2) is 9.97 Å². The van der Waals surface area contributed by atoms with E-state index in [0.29, 0.717) is 11.3 Å². The van der Waals surface area contributed by atoms with Gasteiger partial charge in [0.1, 0.15) is 17.4 Å². The monoisotopic (exact) mass is 299 g/mol. The van der Waals surface area contributed by atoms with Gasteiger partial charge in [-0.15, -0.1) is 0 Å². The highest BCUT2D eigenvalue weighted by atomic mass is 32.2. The van der Waals surface area contributed by atoms with Gasteiger partial charge in [0.25, 0.3) is 0 Å². The summed E-state index contributed by atoms with van der Waals surface area (Å²) in [5, 5.41) is 1.65. The lowest BCUT2D eigenvalue weighted by atomic mass is 10.2. The highest BCUT2D eigenvalue weighted by molar-refractivity contribution is 8.00. The van der Waals surface area contributed by atoms with E-state index in [9.17, 15) is 0 Å². The molecule has 4 rings (SSSR count). The summed E-state index contributed by atoms with van der Waals surface area (Å²) in [4.78, 5) is 11.3. The van der Waals surface area contributed by atoms with E-state index >= 15 is 0 Å². The van der Waals surface area contributed by atoms with Crippen LogP contribution in [0.15, 0.2) is 35.0 Å². The fourth-order valence-electron chi connectivity index (χ4n) is 2.95. The number of benzene rings is 1. The normalized spacial score (nSPS) is 23.0. The van der Waals surface area contributed by atoms with Crippen molar-refractivity contribution < 1.29 is 4.42 Å². The molecule has 1 aliphatic rings. The van der Waals surface area contributed by atoms with Crippen molar-refractivity contribution >= 4 is 39.6 Å². The summed E-state index contributed by atoms with van der Waals surface area (Å²) >= 11 is 2.02. The van der Waals surface area contributed by atoms with Crippen molar-refractivity contribution in [1.29, 1.82) is 0 Å². The standard InChI is InChI=1S/C16H17N3OS/c1-10-11(2)21-8-7-19(10)16-15-14(17-9-18-16)12-5-3-4-6-13(12)20-15/h3-6,9-11H,7-8H2,1-2H3. The summed E-state index contributed by atoms with van der Waals surface area (Å²) in [5.74, 6) is 2.05. The Labute approximate surface area is 127 Å². The minimum atomic E-state index is 0.440. The number of hydrogen-bond acceptors (Lipinski definition) is 5. The van der Waals surface area contributed by atoms with Crippen molar-refractivity contribution in [2.75, 3.05) is 17.2 Å². The number of rotatable bonds is 1. The van der Waals surface area contributed by atoms with Gasteiger partial charge in [-0.05, 0) is 19.1 Å². The molecule has 3 heterocycles. The highest BCUT2D eigenvalue weighted by Crippen LogP contribution is 2.35. The minimum Gasteiger partial charge on any atom is -0.450 e. The molecule has 0 saturated carbocycles. The smallest absolute Gasteiger partial charge is 0.196 e. The molecule has 1 aliphatic heterocycles. The molecule has 0 amide bonds. The summed E-state index contributed by atoms with van der Waals surface area (Å²) in [6.07, 6.45) is 1.65. The Hall–Kier alpha value is -1.75. The van der Waals surface area contributed by atoms with E-state index in [2.05, 4.69) is 34.8 Å². The van der Waals surface area contributed by atoms with Gasteiger partial charge in [0.2, 0.25) is 0 Å². The van der Waals surface area contributed by atoms with Crippen molar-refractivity contribution in [2.45, 2.75) is 25.1 Å². The first-order valence-electron chi connectivity index (χ1n) is 7.26. The Morgan fingerprint density at radius 3 is 3.00 bits per heavy atom. The van der Waals surface area contributed by atoms with Gasteiger partial charge < -0.3 is 9.32 Å². The first kappa shape index (κ1) is 13.0. The maximum absolute atomic E-state index is 6.05. The third-order valence-electron chi connectivity index (χ3n) is 4.30. The van der Waals surface area contributed by atoms with Crippen LogP contribution in [0.1, 0.15) is 13.8 Å². The van der Waals surface area contributed by atoms with E-state index in [1.165, 1.54) is 0 Å². The van der Waals surface area contributed by atoms with Crippen LogP contribution in [0.4, 0.5) is 5.82 Å². The van der Waals surface area contributed by atoms with Gasteiger partial charge in [-0.3, -0.25) is 0 Å². The Morgan fingerprint density at radius 2 is 2.10 bits per heavy atom. The second-order valence-corrected chi connectivity index (χ2v) is 6.97. The van der Waals surface area contributed by atoms with Crippen molar-refractivity contribution in [3.05, 3.63) is 30.6 Å². The van der Waals surface area contributed by atoms with E-state index in [0.717, 1.165) is 40.2 Å². The van der Waals surface area contributed by atoms with Gasteiger partial charge in [-0.2, -0.15) is 11.8 Å². The number of furan rings is 1. The zero-order valence-electron chi connectivity index (χ0n) is 12.1. The summed E-state index contributed by atoms with van der Waals surface area (Å²) < 4.78 is 6.05. The van der Waals surface area contributed by atoms with Gasteiger partial charge >= 0.3 is 0 Å². The molecule has 5 heteroatoms. The summed E-state index contributed by atoms with van der Waals surface area (Å²) in [6.45, 7) is 5.53. The molecular formula is C16H17N3OS. The molecule has 1 saturated heterocycles. The van der Waals surface area contributed by atoms with Crippen LogP contribution in [-0.4, -0.2) is 33.6 Å². The molecule has 0 spiro atoms. The van der Waals surface area contributed by atoms with Crippen molar-refractivity contribution in [3.63, 3.8) is 0 Å². The Kier molecular flexibility index (Phi) is 3.03. The highest BCUT2D eigenvalue weighted by Gasteiger charge is 2.28. The summed E-state index contributed by atoms with van der Waals surface area (Å²) in [6, 6.07) is 8.48. The van der Waals surface area contributed by atoms with Gasteiger partial charge in [0.05, 0.1) is 0 Å². The average molecular weight is 299 g/mol. The topological polar surface area (TPSA) is 42.2 Å². The van der Waals surface area contributed by atoms with E-state index in [4.69, 9.17) is 4.42 Å². The number of para-hydroxylation sites is 1. The fourth-order valence-corrected chi connectivity index (χ4v) is 4.05. The third kappa shape index (κ3) is 1.99. The summed E-state index contributed by atoms with van der Waals surface area (Å²) in [5.41, 5.74) is 2.60. The number of aromatic nitrogens is 2. The van der Waals surface area contributed by atoms with Gasteiger partial charge in [0.15, 0.2) is 11.4 Å². The zero-order valence-corrected chi connectivity index (χ0v) is 12.9. The molecule has 108 valence electrons. The maximum atomic E-state index is 6.05. The molecule has 2 unspecified atom stereocenters. The molecular weight excluding hydrogens is 282 g/mol. The molecule has 1 fully saturated rings. The molecule has 21 heavy (non-hydrogen) atoms. The van der Waals surface area contributed by atoms with Crippen LogP contribution in [-0.2, 0) is 0 Å². The van der Waals surface area contributed by atoms with E-state index in [-0.39, 0.29) is 0 Å². The molecule has 0 aliphatic carbocycles. The second kappa shape index (κ2) is 4.91. The number of thioether (sulfide) groups is 1. The maximum Gasteiger partial charge on any atom is 0.196 e. The van der Waals surface area contributed by atoms with Crippen molar-refractivity contribution in [1.82, 2.24) is 9.97 Å². The number of fused-ring (bicyclic) bond motifs is 3. The molecule has 0 N–H and O–H groups in total. The largest absolute Gasteiger partial charge is 0.450 e. The Bertz CT molecular complexity index is 800.